The van der Waals surface area contributed by atoms with Crippen LogP contribution < -0.4 is 0 Å². The fourth-order valence-corrected chi connectivity index (χ4v) is 2.17. The van der Waals surface area contributed by atoms with Crippen LogP contribution in [-0.4, -0.2) is 11.9 Å². The fraction of sp³-hybridized carbons (Fsp3) is 0.400. The number of fused-ring (bicyclic) bond motifs is 2. The highest BCUT2D eigenvalue weighted by Crippen LogP contribution is 2.53. The van der Waals surface area contributed by atoms with Crippen LogP contribution in [0.3, 0.4) is 0 Å². The number of hydrogen-bond acceptors (Lipinski definition) is 3. The average Bonchev–Trinajstić information content (AvgIpc) is 2.65. The van der Waals surface area contributed by atoms with Gasteiger partial charge in [0.05, 0.1) is 11.1 Å². The van der Waals surface area contributed by atoms with Crippen molar-refractivity contribution in [3.8, 4) is 0 Å². The maximum absolute atomic E-state index is 11.1. The lowest BCUT2D eigenvalue weighted by atomic mass is 10.0. The van der Waals surface area contributed by atoms with Gasteiger partial charge >= 0.3 is 11.9 Å². The first-order valence-corrected chi connectivity index (χ1v) is 4.39. The van der Waals surface area contributed by atoms with Gasteiger partial charge in [-0.15, -0.1) is 0 Å². The van der Waals surface area contributed by atoms with Gasteiger partial charge in [0, 0.05) is 0 Å². The highest BCUT2D eigenvalue weighted by molar-refractivity contribution is 6.18. The van der Waals surface area contributed by atoms with Crippen molar-refractivity contribution in [2.24, 2.45) is 17.8 Å². The summed E-state index contributed by atoms with van der Waals surface area (Å²) in [6.45, 7) is 2.13. The maximum atomic E-state index is 11.1. The Morgan fingerprint density at radius 1 is 1.08 bits per heavy atom. The van der Waals surface area contributed by atoms with Gasteiger partial charge in [0.15, 0.2) is 0 Å². The van der Waals surface area contributed by atoms with Gasteiger partial charge in [-0.05, 0) is 17.8 Å². The molecule has 0 N–H and O–H groups in total. The summed E-state index contributed by atoms with van der Waals surface area (Å²) in [5.41, 5.74) is 0.964. The second-order valence-corrected chi connectivity index (χ2v) is 3.85. The number of ether oxygens (including phenoxy) is 1. The van der Waals surface area contributed by atoms with E-state index in [1.807, 2.05) is 12.2 Å². The van der Waals surface area contributed by atoms with E-state index >= 15 is 0 Å². The summed E-state index contributed by atoms with van der Waals surface area (Å²) in [6.07, 6.45) is 3.77. The predicted molar refractivity (Wildman–Crippen MR) is 43.4 cm³/mol. The molecule has 13 heavy (non-hydrogen) atoms. The SMILES string of the molecule is CC1C2C=C3C(=O)OC(=O)C3=CC12. The van der Waals surface area contributed by atoms with Gasteiger partial charge in [-0.25, -0.2) is 9.59 Å². The molecule has 3 aliphatic rings. The third-order valence-corrected chi connectivity index (χ3v) is 3.15. The van der Waals surface area contributed by atoms with Gasteiger partial charge in [-0.3, -0.25) is 0 Å². The summed E-state index contributed by atoms with van der Waals surface area (Å²) >= 11 is 0. The zero-order chi connectivity index (χ0) is 9.16. The topological polar surface area (TPSA) is 43.4 Å². The zero-order valence-corrected chi connectivity index (χ0v) is 7.11. The van der Waals surface area contributed by atoms with Gasteiger partial charge in [0.1, 0.15) is 0 Å². The van der Waals surface area contributed by atoms with Crippen molar-refractivity contribution < 1.29 is 14.3 Å². The largest absolute Gasteiger partial charge is 0.386 e. The Labute approximate surface area is 75.1 Å². The molecule has 0 aromatic heterocycles. The fourth-order valence-electron chi connectivity index (χ4n) is 2.17. The molecule has 0 spiro atoms. The van der Waals surface area contributed by atoms with E-state index in [-0.39, 0.29) is 0 Å². The Kier molecular flexibility index (Phi) is 1.04. The number of carbonyl (C=O) groups is 2. The van der Waals surface area contributed by atoms with Crippen molar-refractivity contribution in [1.82, 2.24) is 0 Å². The van der Waals surface area contributed by atoms with Gasteiger partial charge in [0.2, 0.25) is 0 Å². The first-order chi connectivity index (χ1) is 6.18. The van der Waals surface area contributed by atoms with Crippen LogP contribution in [0.5, 0.6) is 0 Å². The number of allylic oxidation sites excluding steroid dienone is 2. The quantitative estimate of drug-likeness (QED) is 0.405. The minimum atomic E-state index is -0.478. The lowest BCUT2D eigenvalue weighted by Crippen LogP contribution is -1.98. The molecule has 2 atom stereocenters. The summed E-state index contributed by atoms with van der Waals surface area (Å²) in [5, 5.41) is 0. The van der Waals surface area contributed by atoms with Crippen molar-refractivity contribution in [2.45, 2.75) is 6.92 Å². The van der Waals surface area contributed by atoms with Crippen molar-refractivity contribution >= 4 is 11.9 Å². The van der Waals surface area contributed by atoms with E-state index in [1.54, 1.807) is 0 Å². The lowest BCUT2D eigenvalue weighted by Gasteiger charge is -1.98. The normalized spacial score (nSPS) is 40.2. The van der Waals surface area contributed by atoms with Gasteiger partial charge in [-0.1, -0.05) is 19.1 Å². The van der Waals surface area contributed by atoms with Crippen LogP contribution in [0.15, 0.2) is 23.3 Å². The molecular formula is C10H8O3. The van der Waals surface area contributed by atoms with E-state index in [0.717, 1.165) is 0 Å². The Balaban J connectivity index is 2.11. The third kappa shape index (κ3) is 0.742. The smallest absolute Gasteiger partial charge is 0.346 e. The molecule has 3 nitrogen and oxygen atoms in total. The first kappa shape index (κ1) is 7.06. The molecule has 3 rings (SSSR count). The monoisotopic (exact) mass is 176 g/mol. The summed E-state index contributed by atoms with van der Waals surface area (Å²) < 4.78 is 4.50. The van der Waals surface area contributed by atoms with E-state index in [0.29, 0.717) is 28.9 Å². The molecule has 1 heterocycles. The minimum absolute atomic E-state index is 0.456. The highest BCUT2D eigenvalue weighted by atomic mass is 16.6. The van der Waals surface area contributed by atoms with Crippen LogP contribution in [0.25, 0.3) is 0 Å². The summed E-state index contributed by atoms with van der Waals surface area (Å²) in [4.78, 5) is 22.3. The predicted octanol–water partition coefficient (Wildman–Crippen LogP) is 0.818. The van der Waals surface area contributed by atoms with Gasteiger partial charge in [-0.2, -0.15) is 0 Å². The Bertz CT molecular complexity index is 353. The number of carbonyl (C=O) groups excluding carboxylic acids is 2. The molecule has 1 aliphatic heterocycles. The number of rotatable bonds is 0. The second kappa shape index (κ2) is 1.92. The van der Waals surface area contributed by atoms with Crippen LogP contribution in [0.2, 0.25) is 0 Å². The summed E-state index contributed by atoms with van der Waals surface area (Å²) in [5.74, 6) is 0.531. The molecule has 0 bridgehead atoms. The lowest BCUT2D eigenvalue weighted by molar-refractivity contribution is -0.149. The maximum Gasteiger partial charge on any atom is 0.346 e. The van der Waals surface area contributed by atoms with Crippen LogP contribution in [-0.2, 0) is 14.3 Å². The van der Waals surface area contributed by atoms with E-state index < -0.39 is 11.9 Å². The van der Waals surface area contributed by atoms with Crippen LogP contribution in [0.1, 0.15) is 6.92 Å². The molecular weight excluding hydrogens is 168 g/mol. The van der Waals surface area contributed by atoms with Gasteiger partial charge < -0.3 is 4.74 Å². The number of hydrogen-bond donors (Lipinski definition) is 0. The molecule has 2 aliphatic carbocycles. The van der Waals surface area contributed by atoms with Crippen molar-refractivity contribution in [1.29, 1.82) is 0 Å². The van der Waals surface area contributed by atoms with E-state index in [1.165, 1.54) is 0 Å². The van der Waals surface area contributed by atoms with E-state index in [2.05, 4.69) is 11.7 Å². The second-order valence-electron chi connectivity index (χ2n) is 3.85. The third-order valence-electron chi connectivity index (χ3n) is 3.15. The average molecular weight is 176 g/mol. The van der Waals surface area contributed by atoms with Crippen LogP contribution in [0, 0.1) is 17.8 Å². The molecule has 1 saturated carbocycles. The summed E-state index contributed by atoms with van der Waals surface area (Å²) in [6, 6.07) is 0. The number of cyclic esters (lactones) is 2. The van der Waals surface area contributed by atoms with Crippen LogP contribution in [0.4, 0.5) is 0 Å². The number of esters is 2. The highest BCUT2D eigenvalue weighted by Gasteiger charge is 2.50. The summed E-state index contributed by atoms with van der Waals surface area (Å²) in [7, 11) is 0. The Hall–Kier alpha value is -1.38. The van der Waals surface area contributed by atoms with Gasteiger partial charge in [0.25, 0.3) is 0 Å². The van der Waals surface area contributed by atoms with Crippen molar-refractivity contribution in [2.75, 3.05) is 0 Å². The zero-order valence-electron chi connectivity index (χ0n) is 7.11. The first-order valence-electron chi connectivity index (χ1n) is 4.39. The molecule has 3 heteroatoms. The standard InChI is InChI=1S/C10H8O3/c1-4-5-2-7-8(3-6(4)5)10(12)13-9(7)11/h2-6H,1H3. The molecule has 2 unspecified atom stereocenters. The molecule has 0 aromatic rings. The Morgan fingerprint density at radius 2 is 1.54 bits per heavy atom. The molecule has 2 fully saturated rings. The molecule has 0 aromatic carbocycles. The molecule has 1 saturated heterocycles. The Morgan fingerprint density at radius 3 is 2.00 bits per heavy atom. The molecule has 0 radical (unpaired) electrons. The van der Waals surface area contributed by atoms with Crippen molar-refractivity contribution in [3.05, 3.63) is 23.3 Å². The molecule has 0 amide bonds. The van der Waals surface area contributed by atoms with E-state index in [9.17, 15) is 9.59 Å². The van der Waals surface area contributed by atoms with E-state index in [4.69, 9.17) is 0 Å². The van der Waals surface area contributed by atoms with Crippen LogP contribution >= 0.6 is 0 Å². The van der Waals surface area contributed by atoms with Crippen molar-refractivity contribution in [3.63, 3.8) is 0 Å². The molecule has 66 valence electrons. The minimum Gasteiger partial charge on any atom is -0.386 e.